The maximum atomic E-state index is 13.2. The monoisotopic (exact) mass is 378 g/mol. The number of carbonyl (C=O) groups is 1. The van der Waals surface area contributed by atoms with E-state index in [0.29, 0.717) is 24.0 Å². The van der Waals surface area contributed by atoms with Gasteiger partial charge in [0.1, 0.15) is 11.6 Å². The zero-order chi connectivity index (χ0) is 20.3. The molecule has 0 saturated carbocycles. The molecule has 3 N–H and O–H groups in total. The van der Waals surface area contributed by atoms with E-state index in [2.05, 4.69) is 18.8 Å². The van der Waals surface area contributed by atoms with E-state index < -0.39 is 0 Å². The molecular weight excluding hydrogens is 352 g/mol. The van der Waals surface area contributed by atoms with Crippen LogP contribution in [0.5, 0.6) is 5.75 Å². The molecule has 0 aliphatic carbocycles. The average molecular weight is 378 g/mol. The van der Waals surface area contributed by atoms with Gasteiger partial charge in [-0.3, -0.25) is 4.90 Å². The van der Waals surface area contributed by atoms with Crippen molar-refractivity contribution in [3.05, 3.63) is 60.3 Å². The van der Waals surface area contributed by atoms with Gasteiger partial charge in [0.25, 0.3) is 0 Å². The van der Waals surface area contributed by atoms with Gasteiger partial charge in [-0.05, 0) is 40.5 Å². The number of urea groups is 1. The Morgan fingerprint density at radius 1 is 1.14 bits per heavy atom. The minimum absolute atomic E-state index is 0.0633. The largest absolute Gasteiger partial charge is 0.506 e. The summed E-state index contributed by atoms with van der Waals surface area (Å²) in [5, 5.41) is 12.5. The number of rotatable bonds is 5. The number of nitrogens with two attached hydrogens (primary N) is 1. The summed E-state index contributed by atoms with van der Waals surface area (Å²) in [6.45, 7) is 5.02. The van der Waals surface area contributed by atoms with Crippen LogP contribution in [0, 0.1) is 5.92 Å². The highest BCUT2D eigenvalue weighted by atomic mass is 16.3. The van der Waals surface area contributed by atoms with E-state index in [4.69, 9.17) is 5.73 Å². The number of hydrogen-bond donors (Lipinski definition) is 2. The molecule has 0 radical (unpaired) electrons. The number of aromatic hydroxyl groups is 1. The van der Waals surface area contributed by atoms with Crippen LogP contribution in [0.25, 0.3) is 10.8 Å². The van der Waals surface area contributed by atoms with Crippen molar-refractivity contribution in [3.63, 3.8) is 0 Å². The highest BCUT2D eigenvalue weighted by molar-refractivity contribution is 5.97. The van der Waals surface area contributed by atoms with Crippen LogP contribution in [0.15, 0.2) is 54.7 Å². The van der Waals surface area contributed by atoms with Gasteiger partial charge in [-0.2, -0.15) is 0 Å². The van der Waals surface area contributed by atoms with Crippen LogP contribution in [0.3, 0.4) is 0 Å². The number of fused-ring (bicyclic) bond motifs is 1. The number of carbonyl (C=O) groups excluding carboxylic acids is 1. The topological polar surface area (TPSA) is 82.7 Å². The minimum atomic E-state index is -0.184. The zero-order valence-electron chi connectivity index (χ0n) is 16.5. The van der Waals surface area contributed by atoms with Crippen molar-refractivity contribution in [2.45, 2.75) is 20.4 Å². The van der Waals surface area contributed by atoms with Crippen molar-refractivity contribution in [1.29, 1.82) is 0 Å². The summed E-state index contributed by atoms with van der Waals surface area (Å²) in [6, 6.07) is 14.6. The Hall–Kier alpha value is -3.28. The van der Waals surface area contributed by atoms with Gasteiger partial charge in [-0.15, -0.1) is 0 Å². The second-order valence-corrected chi connectivity index (χ2v) is 7.42. The highest BCUT2D eigenvalue weighted by Gasteiger charge is 2.23. The molecule has 1 aromatic heterocycles. The van der Waals surface area contributed by atoms with Crippen LogP contribution in [-0.4, -0.2) is 34.6 Å². The van der Waals surface area contributed by atoms with E-state index in [-0.39, 0.29) is 18.3 Å². The Morgan fingerprint density at radius 2 is 1.82 bits per heavy atom. The molecule has 2 amide bonds. The number of nitrogens with zero attached hydrogens (tertiary/aromatic N) is 3. The number of amides is 2. The number of hydrogen-bond acceptors (Lipinski definition) is 4. The fourth-order valence-corrected chi connectivity index (χ4v) is 3.23. The Bertz CT molecular complexity index is 970. The molecule has 0 fully saturated rings. The third kappa shape index (κ3) is 4.34. The molecule has 0 atom stereocenters. The summed E-state index contributed by atoms with van der Waals surface area (Å²) in [4.78, 5) is 20.6. The van der Waals surface area contributed by atoms with Gasteiger partial charge in [-0.25, -0.2) is 9.78 Å². The number of phenolic OH excluding ortho intramolecular Hbond substituents is 1. The molecular formula is C22H26N4O2. The molecule has 6 nitrogen and oxygen atoms in total. The number of aromatic nitrogens is 1. The highest BCUT2D eigenvalue weighted by Crippen LogP contribution is 2.34. The first-order valence-corrected chi connectivity index (χ1v) is 9.30. The number of anilines is 2. The molecule has 0 unspecified atom stereocenters. The van der Waals surface area contributed by atoms with Crippen LogP contribution in [0.4, 0.5) is 16.3 Å². The van der Waals surface area contributed by atoms with Crippen molar-refractivity contribution in [2.24, 2.45) is 5.92 Å². The Kier molecular flexibility index (Phi) is 5.68. The van der Waals surface area contributed by atoms with Crippen LogP contribution in [-0.2, 0) is 6.54 Å². The third-order valence-corrected chi connectivity index (χ3v) is 4.52. The first kappa shape index (κ1) is 19.5. The normalized spacial score (nSPS) is 11.0. The lowest BCUT2D eigenvalue weighted by Gasteiger charge is -2.30. The number of nitrogen functional groups attached to an aromatic ring is 1. The molecule has 0 aliphatic heterocycles. The van der Waals surface area contributed by atoms with E-state index in [1.165, 1.54) is 0 Å². The smallest absolute Gasteiger partial charge is 0.324 e. The molecule has 0 bridgehead atoms. The van der Waals surface area contributed by atoms with Crippen LogP contribution in [0.1, 0.15) is 19.4 Å². The van der Waals surface area contributed by atoms with Crippen molar-refractivity contribution < 1.29 is 9.90 Å². The lowest BCUT2D eigenvalue weighted by Crippen LogP contribution is -2.42. The van der Waals surface area contributed by atoms with E-state index in [0.717, 1.165) is 16.3 Å². The van der Waals surface area contributed by atoms with E-state index in [1.807, 2.05) is 36.4 Å². The number of benzene rings is 2. The number of phenols is 1. The summed E-state index contributed by atoms with van der Waals surface area (Å²) in [6.07, 6.45) is 1.65. The lowest BCUT2D eigenvalue weighted by atomic mass is 10.1. The molecule has 0 saturated heterocycles. The fraction of sp³-hybridized carbons (Fsp3) is 0.273. The van der Waals surface area contributed by atoms with Gasteiger partial charge in [0.2, 0.25) is 0 Å². The Labute approximate surface area is 165 Å². The van der Waals surface area contributed by atoms with Crippen molar-refractivity contribution in [1.82, 2.24) is 9.88 Å². The first-order valence-electron chi connectivity index (χ1n) is 9.30. The lowest BCUT2D eigenvalue weighted by molar-refractivity contribution is 0.209. The van der Waals surface area contributed by atoms with E-state index >= 15 is 0 Å². The predicted octanol–water partition coefficient (Wildman–Crippen LogP) is 4.24. The van der Waals surface area contributed by atoms with Crippen LogP contribution in [0.2, 0.25) is 0 Å². The van der Waals surface area contributed by atoms with Crippen molar-refractivity contribution in [3.8, 4) is 5.75 Å². The minimum Gasteiger partial charge on any atom is -0.506 e. The average Bonchev–Trinajstić information content (AvgIpc) is 2.66. The van der Waals surface area contributed by atoms with Gasteiger partial charge < -0.3 is 15.7 Å². The summed E-state index contributed by atoms with van der Waals surface area (Å²) >= 11 is 0. The summed E-state index contributed by atoms with van der Waals surface area (Å²) < 4.78 is 0. The fourth-order valence-electron chi connectivity index (χ4n) is 3.23. The zero-order valence-corrected chi connectivity index (χ0v) is 16.5. The third-order valence-electron chi connectivity index (χ3n) is 4.52. The molecule has 1 heterocycles. The molecule has 2 aromatic carbocycles. The standard InChI is InChI=1S/C22H26N4O2/c1-15(2)13-25(3)22(28)26(14-16-8-9-21(23)24-12-16)19-10-17-6-4-5-7-18(17)11-20(19)27/h4-12,15,27H,13-14H2,1-3H3,(H2,23,24). The van der Waals surface area contributed by atoms with Gasteiger partial charge in [0.05, 0.1) is 12.2 Å². The number of pyridine rings is 1. The second kappa shape index (κ2) is 8.17. The molecule has 6 heteroatoms. The van der Waals surface area contributed by atoms with Gasteiger partial charge in [-0.1, -0.05) is 44.2 Å². The summed E-state index contributed by atoms with van der Waals surface area (Å²) in [5.41, 5.74) is 6.97. The Balaban J connectivity index is 2.03. The first-order chi connectivity index (χ1) is 13.3. The van der Waals surface area contributed by atoms with Gasteiger partial charge in [0, 0.05) is 19.8 Å². The SMILES string of the molecule is CC(C)CN(C)C(=O)N(Cc1ccc(N)nc1)c1cc2ccccc2cc1O. The van der Waals surface area contributed by atoms with Gasteiger partial charge >= 0.3 is 6.03 Å². The van der Waals surface area contributed by atoms with Crippen LogP contribution >= 0.6 is 0 Å². The molecule has 3 aromatic rings. The summed E-state index contributed by atoms with van der Waals surface area (Å²) in [7, 11) is 1.77. The van der Waals surface area contributed by atoms with E-state index in [1.54, 1.807) is 35.2 Å². The van der Waals surface area contributed by atoms with Crippen LogP contribution < -0.4 is 10.6 Å². The molecule has 146 valence electrons. The Morgan fingerprint density at radius 3 is 2.43 bits per heavy atom. The molecule has 0 spiro atoms. The van der Waals surface area contributed by atoms with E-state index in [9.17, 15) is 9.90 Å². The van der Waals surface area contributed by atoms with Crippen molar-refractivity contribution in [2.75, 3.05) is 24.2 Å². The summed E-state index contributed by atoms with van der Waals surface area (Å²) in [5.74, 6) is 0.819. The molecule has 0 aliphatic rings. The second-order valence-electron chi connectivity index (χ2n) is 7.42. The maximum Gasteiger partial charge on any atom is 0.324 e. The molecule has 3 rings (SSSR count). The maximum absolute atomic E-state index is 13.2. The van der Waals surface area contributed by atoms with Gasteiger partial charge in [0.15, 0.2) is 0 Å². The molecule has 28 heavy (non-hydrogen) atoms. The quantitative estimate of drug-likeness (QED) is 0.696. The van der Waals surface area contributed by atoms with Crippen molar-refractivity contribution >= 4 is 28.3 Å². The predicted molar refractivity (Wildman–Crippen MR) is 113 cm³/mol.